The summed E-state index contributed by atoms with van der Waals surface area (Å²) in [5.41, 5.74) is 0. The van der Waals surface area contributed by atoms with Gasteiger partial charge in [0.25, 0.3) is 0 Å². The first-order chi connectivity index (χ1) is 8.50. The SMILES string of the molecule is CC(C)C1CC2COCC(C1)N2S(=O)(=O)C1CC1. The van der Waals surface area contributed by atoms with Gasteiger partial charge < -0.3 is 4.74 Å². The van der Waals surface area contributed by atoms with Gasteiger partial charge in [-0.25, -0.2) is 8.42 Å². The highest BCUT2D eigenvalue weighted by Crippen LogP contribution is 2.41. The lowest BCUT2D eigenvalue weighted by Crippen LogP contribution is -2.60. The first kappa shape index (κ1) is 12.9. The Morgan fingerprint density at radius 3 is 2.11 bits per heavy atom. The molecule has 0 N–H and O–H groups in total. The number of hydrogen-bond donors (Lipinski definition) is 0. The molecule has 4 nitrogen and oxygen atoms in total. The van der Waals surface area contributed by atoms with Crippen molar-refractivity contribution in [2.75, 3.05) is 13.2 Å². The van der Waals surface area contributed by atoms with E-state index in [-0.39, 0.29) is 17.3 Å². The molecule has 3 rings (SSSR count). The number of fused-ring (bicyclic) bond motifs is 2. The van der Waals surface area contributed by atoms with Gasteiger partial charge in [-0.15, -0.1) is 0 Å². The van der Waals surface area contributed by atoms with Crippen molar-refractivity contribution in [3.8, 4) is 0 Å². The van der Waals surface area contributed by atoms with E-state index >= 15 is 0 Å². The third-order valence-electron chi connectivity index (χ3n) is 4.67. The van der Waals surface area contributed by atoms with Crippen molar-refractivity contribution in [3.63, 3.8) is 0 Å². The van der Waals surface area contributed by atoms with Crippen molar-refractivity contribution >= 4 is 10.0 Å². The summed E-state index contributed by atoms with van der Waals surface area (Å²) < 4.78 is 32.4. The van der Waals surface area contributed by atoms with Gasteiger partial charge in [-0.05, 0) is 37.5 Å². The highest BCUT2D eigenvalue weighted by molar-refractivity contribution is 7.90. The zero-order valence-electron chi connectivity index (χ0n) is 11.2. The Bertz CT molecular complexity index is 402. The van der Waals surface area contributed by atoms with Crippen LogP contribution >= 0.6 is 0 Å². The van der Waals surface area contributed by atoms with Crippen LogP contribution in [0.5, 0.6) is 0 Å². The number of hydrogen-bond acceptors (Lipinski definition) is 3. The van der Waals surface area contributed by atoms with Crippen LogP contribution in [-0.4, -0.2) is 43.3 Å². The number of sulfonamides is 1. The number of rotatable bonds is 3. The zero-order chi connectivity index (χ0) is 12.9. The summed E-state index contributed by atoms with van der Waals surface area (Å²) in [7, 11) is -3.04. The molecule has 2 saturated heterocycles. The molecule has 0 radical (unpaired) electrons. The second-order valence-electron chi connectivity index (χ2n) is 6.39. The Hall–Kier alpha value is -0.130. The van der Waals surface area contributed by atoms with E-state index in [1.807, 2.05) is 4.31 Å². The van der Waals surface area contributed by atoms with Crippen LogP contribution < -0.4 is 0 Å². The summed E-state index contributed by atoms with van der Waals surface area (Å²) in [4.78, 5) is 0. The molecule has 2 unspecified atom stereocenters. The molecule has 3 fully saturated rings. The molecule has 0 spiro atoms. The number of ether oxygens (including phenoxy) is 1. The maximum Gasteiger partial charge on any atom is 0.217 e. The lowest BCUT2D eigenvalue weighted by Gasteiger charge is -2.48. The minimum Gasteiger partial charge on any atom is -0.378 e. The number of nitrogens with zero attached hydrogens (tertiary/aromatic N) is 1. The minimum absolute atomic E-state index is 0.0869. The fourth-order valence-corrected chi connectivity index (χ4v) is 5.62. The first-order valence-corrected chi connectivity index (χ1v) is 8.60. The Kier molecular flexibility index (Phi) is 3.19. The van der Waals surface area contributed by atoms with Gasteiger partial charge in [0.05, 0.1) is 18.5 Å². The minimum atomic E-state index is -3.04. The van der Waals surface area contributed by atoms with Crippen molar-refractivity contribution in [2.24, 2.45) is 11.8 Å². The normalized spacial score (nSPS) is 38.1. The Morgan fingerprint density at radius 1 is 1.11 bits per heavy atom. The largest absolute Gasteiger partial charge is 0.378 e. The van der Waals surface area contributed by atoms with E-state index in [9.17, 15) is 8.42 Å². The van der Waals surface area contributed by atoms with Crippen LogP contribution in [0.2, 0.25) is 0 Å². The van der Waals surface area contributed by atoms with Gasteiger partial charge in [-0.3, -0.25) is 0 Å². The monoisotopic (exact) mass is 273 g/mol. The maximum absolute atomic E-state index is 12.5. The van der Waals surface area contributed by atoms with Crippen LogP contribution in [0.4, 0.5) is 0 Å². The second-order valence-corrected chi connectivity index (χ2v) is 8.51. The van der Waals surface area contributed by atoms with Crippen molar-refractivity contribution in [2.45, 2.75) is 56.9 Å². The van der Waals surface area contributed by atoms with Crippen LogP contribution in [0, 0.1) is 11.8 Å². The average molecular weight is 273 g/mol. The average Bonchev–Trinajstić information content (AvgIpc) is 3.10. The predicted octanol–water partition coefficient (Wildman–Crippen LogP) is 1.61. The fourth-order valence-electron chi connectivity index (χ4n) is 3.42. The lowest BCUT2D eigenvalue weighted by molar-refractivity contribution is -0.0516. The van der Waals surface area contributed by atoms with E-state index in [2.05, 4.69) is 13.8 Å². The molecular weight excluding hydrogens is 250 g/mol. The highest BCUT2D eigenvalue weighted by atomic mass is 32.2. The van der Waals surface area contributed by atoms with Gasteiger partial charge in [0.15, 0.2) is 0 Å². The van der Waals surface area contributed by atoms with Gasteiger partial charge in [0.2, 0.25) is 10.0 Å². The molecule has 2 heterocycles. The van der Waals surface area contributed by atoms with Crippen LogP contribution in [0.3, 0.4) is 0 Å². The molecule has 2 aliphatic heterocycles. The second kappa shape index (κ2) is 4.46. The fraction of sp³-hybridized carbons (Fsp3) is 1.00. The summed E-state index contributed by atoms with van der Waals surface area (Å²) in [5, 5.41) is -0.0869. The predicted molar refractivity (Wildman–Crippen MR) is 69.7 cm³/mol. The van der Waals surface area contributed by atoms with Crippen molar-refractivity contribution in [1.82, 2.24) is 4.31 Å². The highest BCUT2D eigenvalue weighted by Gasteiger charge is 2.50. The summed E-state index contributed by atoms with van der Waals surface area (Å²) in [5.74, 6) is 1.29. The topological polar surface area (TPSA) is 46.6 Å². The van der Waals surface area contributed by atoms with E-state index in [1.54, 1.807) is 0 Å². The molecule has 0 aromatic rings. The molecule has 2 atom stereocenters. The summed E-state index contributed by atoms with van der Waals surface area (Å²) in [6, 6.07) is 0.186. The molecular formula is C13H23NO3S. The van der Waals surface area contributed by atoms with Gasteiger partial charge in [0, 0.05) is 12.1 Å². The summed E-state index contributed by atoms with van der Waals surface area (Å²) in [6.45, 7) is 5.66. The summed E-state index contributed by atoms with van der Waals surface area (Å²) >= 11 is 0. The maximum atomic E-state index is 12.5. The molecule has 1 aliphatic carbocycles. The first-order valence-electron chi connectivity index (χ1n) is 7.10. The standard InChI is InChI=1S/C13H23NO3S/c1-9(2)10-5-11-7-17-8-12(6-10)14(11)18(15,16)13-3-4-13/h9-13H,3-8H2,1-2H3. The van der Waals surface area contributed by atoms with Gasteiger partial charge in [0.1, 0.15) is 0 Å². The Morgan fingerprint density at radius 2 is 1.67 bits per heavy atom. The molecule has 2 bridgehead atoms. The van der Waals surface area contributed by atoms with Crippen molar-refractivity contribution < 1.29 is 13.2 Å². The molecule has 0 amide bonds. The van der Waals surface area contributed by atoms with Gasteiger partial charge in [-0.2, -0.15) is 4.31 Å². The van der Waals surface area contributed by atoms with Crippen LogP contribution in [0.25, 0.3) is 0 Å². The quantitative estimate of drug-likeness (QED) is 0.785. The van der Waals surface area contributed by atoms with Crippen LogP contribution in [0.1, 0.15) is 39.5 Å². The summed E-state index contributed by atoms with van der Waals surface area (Å²) in [6.07, 6.45) is 3.65. The smallest absolute Gasteiger partial charge is 0.217 e. The van der Waals surface area contributed by atoms with E-state index in [0.717, 1.165) is 25.7 Å². The molecule has 0 aromatic heterocycles. The van der Waals surface area contributed by atoms with Gasteiger partial charge >= 0.3 is 0 Å². The third kappa shape index (κ3) is 2.10. The van der Waals surface area contributed by atoms with Gasteiger partial charge in [-0.1, -0.05) is 13.8 Å². The molecule has 5 heteroatoms. The molecule has 0 aromatic carbocycles. The number of morpholine rings is 1. The molecule has 1 saturated carbocycles. The lowest BCUT2D eigenvalue weighted by atomic mass is 9.80. The molecule has 104 valence electrons. The Labute approximate surface area is 110 Å². The molecule has 18 heavy (non-hydrogen) atoms. The van der Waals surface area contributed by atoms with E-state index in [0.29, 0.717) is 25.0 Å². The van der Waals surface area contributed by atoms with Crippen molar-refractivity contribution in [3.05, 3.63) is 0 Å². The molecule has 3 aliphatic rings. The van der Waals surface area contributed by atoms with Crippen LogP contribution in [0.15, 0.2) is 0 Å². The van der Waals surface area contributed by atoms with Crippen molar-refractivity contribution in [1.29, 1.82) is 0 Å². The van der Waals surface area contributed by atoms with E-state index < -0.39 is 10.0 Å². The Balaban J connectivity index is 1.84. The van der Waals surface area contributed by atoms with E-state index in [1.165, 1.54) is 0 Å². The third-order valence-corrected chi connectivity index (χ3v) is 7.17. The van der Waals surface area contributed by atoms with E-state index in [4.69, 9.17) is 4.74 Å². The number of piperidine rings is 1. The zero-order valence-corrected chi connectivity index (χ0v) is 12.0. The van der Waals surface area contributed by atoms with Crippen LogP contribution in [-0.2, 0) is 14.8 Å².